The lowest BCUT2D eigenvalue weighted by Gasteiger charge is -2.15. The minimum atomic E-state index is -5.12. The fourth-order valence-corrected chi connectivity index (χ4v) is 5.77. The second-order valence-electron chi connectivity index (χ2n) is 11.0. The Morgan fingerprint density at radius 1 is 0.820 bits per heavy atom. The number of rotatable bonds is 13. The molecule has 2 aromatic heterocycles. The number of aryl methyl sites for hydroxylation is 2. The Labute approximate surface area is 283 Å². The number of nitrogens with one attached hydrogen (secondary N) is 2. The second kappa shape index (κ2) is 15.6. The number of unbranched alkanes of at least 4 members (excludes halogenated alkanes) is 1. The van der Waals surface area contributed by atoms with Crippen molar-refractivity contribution < 1.29 is 50.3 Å². The van der Waals surface area contributed by atoms with Gasteiger partial charge in [0.25, 0.3) is 0 Å². The van der Waals surface area contributed by atoms with Gasteiger partial charge >= 0.3 is 18.5 Å². The molecule has 12 nitrogen and oxygen atoms in total. The molecule has 0 fully saturated rings. The summed E-state index contributed by atoms with van der Waals surface area (Å²) in [6, 6.07) is 13.5. The average molecular weight is 724 g/mol. The van der Waals surface area contributed by atoms with Crippen molar-refractivity contribution >= 4 is 40.1 Å². The summed E-state index contributed by atoms with van der Waals surface area (Å²) in [5.74, 6) is -3.39. The van der Waals surface area contributed by atoms with Crippen LogP contribution in [0.1, 0.15) is 45.8 Å². The lowest BCUT2D eigenvalue weighted by atomic mass is 10.0. The number of amides is 2. The van der Waals surface area contributed by atoms with Gasteiger partial charge in [-0.25, -0.2) is 4.79 Å². The van der Waals surface area contributed by atoms with E-state index < -0.39 is 36.1 Å². The fourth-order valence-electron chi connectivity index (χ4n) is 4.97. The van der Waals surface area contributed by atoms with Crippen molar-refractivity contribution in [1.29, 1.82) is 0 Å². The van der Waals surface area contributed by atoms with Gasteiger partial charge in [0.05, 0.1) is 31.6 Å². The third-order valence-electron chi connectivity index (χ3n) is 7.12. The van der Waals surface area contributed by atoms with Crippen molar-refractivity contribution in [2.75, 3.05) is 10.6 Å². The highest BCUT2D eigenvalue weighted by molar-refractivity contribution is 7.15. The van der Waals surface area contributed by atoms with Gasteiger partial charge in [-0.05, 0) is 65.8 Å². The summed E-state index contributed by atoms with van der Waals surface area (Å²) in [7, 11) is 0. The predicted molar refractivity (Wildman–Crippen MR) is 164 cm³/mol. The van der Waals surface area contributed by atoms with Gasteiger partial charge in [-0.1, -0.05) is 41.7 Å². The molecular weight excluding hydrogens is 696 g/mol. The van der Waals surface area contributed by atoms with Crippen molar-refractivity contribution in [2.24, 2.45) is 0 Å². The zero-order valence-electron chi connectivity index (χ0n) is 25.8. The molecule has 0 bridgehead atoms. The van der Waals surface area contributed by atoms with Gasteiger partial charge in [0.1, 0.15) is 10.8 Å². The molecule has 0 atom stereocenters. The van der Waals surface area contributed by atoms with Crippen LogP contribution in [0, 0.1) is 0 Å². The first kappa shape index (κ1) is 36.1. The molecule has 50 heavy (non-hydrogen) atoms. The monoisotopic (exact) mass is 723 g/mol. The van der Waals surface area contributed by atoms with Crippen LogP contribution in [0.4, 0.5) is 37.3 Å². The van der Waals surface area contributed by atoms with Crippen molar-refractivity contribution in [1.82, 2.24) is 25.5 Å². The van der Waals surface area contributed by atoms with Gasteiger partial charge in [0.15, 0.2) is 5.82 Å². The van der Waals surface area contributed by atoms with Crippen molar-refractivity contribution in [3.05, 3.63) is 87.6 Å². The highest BCUT2D eigenvalue weighted by atomic mass is 32.1. The van der Waals surface area contributed by atoms with Crippen LogP contribution in [-0.2, 0) is 58.0 Å². The van der Waals surface area contributed by atoms with Gasteiger partial charge in [0, 0.05) is 6.42 Å². The number of hydrogen-bond acceptors (Lipinski definition) is 11. The quantitative estimate of drug-likeness (QED) is 0.134. The molecule has 1 aliphatic rings. The summed E-state index contributed by atoms with van der Waals surface area (Å²) in [6.07, 6.45) is -7.60. The minimum Gasteiger partial charge on any atom is -0.406 e. The topological polar surface area (TPSA) is 149 Å². The van der Waals surface area contributed by atoms with Crippen molar-refractivity contribution in [3.8, 4) is 5.75 Å². The van der Waals surface area contributed by atoms with E-state index >= 15 is 0 Å². The average Bonchev–Trinajstić information content (AvgIpc) is 3.65. The summed E-state index contributed by atoms with van der Waals surface area (Å²) >= 11 is 1.19. The van der Waals surface area contributed by atoms with Gasteiger partial charge < -0.3 is 20.2 Å². The van der Waals surface area contributed by atoms with E-state index in [0.29, 0.717) is 45.8 Å². The van der Waals surface area contributed by atoms with Crippen LogP contribution < -0.4 is 15.4 Å². The van der Waals surface area contributed by atoms with Crippen LogP contribution in [0.5, 0.6) is 5.75 Å². The highest BCUT2D eigenvalue weighted by Gasteiger charge is 2.43. The number of aromatic nitrogens is 4. The SMILES string of the molecule is O=C(Cc1cccc2c1CN(OC(=O)C(F)(F)F)C2)Nc1ccc(CCCCc2nnc(NC(=O)Cc3cccc(OC(F)(F)F)c3)s2)nn1. The van der Waals surface area contributed by atoms with Crippen LogP contribution in [-0.4, -0.2) is 55.8 Å². The smallest absolute Gasteiger partial charge is 0.406 e. The molecule has 2 N–H and O–H groups in total. The number of ether oxygens (including phenoxy) is 1. The third kappa shape index (κ3) is 10.7. The highest BCUT2D eigenvalue weighted by Crippen LogP contribution is 2.29. The molecule has 0 spiro atoms. The van der Waals surface area contributed by atoms with E-state index in [1.165, 1.54) is 23.5 Å². The fraction of sp³-hybridized carbons (Fsp3) is 0.323. The molecule has 19 heteroatoms. The Morgan fingerprint density at radius 2 is 1.58 bits per heavy atom. The lowest BCUT2D eigenvalue weighted by molar-refractivity contribution is -0.274. The minimum absolute atomic E-state index is 0.0342. The molecule has 3 heterocycles. The summed E-state index contributed by atoms with van der Waals surface area (Å²) in [6.45, 7) is -0.120. The van der Waals surface area contributed by atoms with E-state index in [9.17, 15) is 40.7 Å². The third-order valence-corrected chi connectivity index (χ3v) is 8.01. The number of halogens is 6. The van der Waals surface area contributed by atoms with Crippen LogP contribution in [0.25, 0.3) is 0 Å². The summed E-state index contributed by atoms with van der Waals surface area (Å²) in [5, 5.41) is 23.3. The molecule has 2 aromatic carbocycles. The molecule has 5 rings (SSSR count). The zero-order valence-corrected chi connectivity index (χ0v) is 26.6. The molecule has 4 aromatic rings. The molecule has 0 aliphatic carbocycles. The van der Waals surface area contributed by atoms with Crippen LogP contribution >= 0.6 is 11.3 Å². The van der Waals surface area contributed by atoms with Crippen molar-refractivity contribution in [2.45, 2.75) is 64.2 Å². The van der Waals surface area contributed by atoms with Crippen LogP contribution in [0.3, 0.4) is 0 Å². The van der Waals surface area contributed by atoms with E-state index in [0.717, 1.165) is 30.0 Å². The Morgan fingerprint density at radius 3 is 2.32 bits per heavy atom. The Kier molecular flexibility index (Phi) is 11.3. The molecule has 2 amide bonds. The number of anilines is 2. The normalized spacial score (nSPS) is 13.1. The Bertz CT molecular complexity index is 1840. The molecule has 0 unspecified atom stereocenters. The standard InChI is InChI=1S/C31H27F6N7O5S/c32-30(33,34)28(47)49-44-16-20-7-4-6-19(23(20)17-44)15-26(46)38-24-12-11-21(40-41-24)8-1-2-10-27-42-43-29(50-27)39-25(45)14-18-5-3-9-22(13-18)48-31(35,36)37/h3-7,9,11-13H,1-2,8,10,14-17H2,(H,38,41,46)(H,39,43,45). The summed E-state index contributed by atoms with van der Waals surface area (Å²) in [5.41, 5.74) is 2.85. The summed E-state index contributed by atoms with van der Waals surface area (Å²) in [4.78, 5) is 40.7. The van der Waals surface area contributed by atoms with Gasteiger partial charge in [0.2, 0.25) is 16.9 Å². The van der Waals surface area contributed by atoms with E-state index in [-0.39, 0.29) is 36.9 Å². The number of carbonyl (C=O) groups is 3. The van der Waals surface area contributed by atoms with Crippen molar-refractivity contribution in [3.63, 3.8) is 0 Å². The lowest BCUT2D eigenvalue weighted by Crippen LogP contribution is -2.32. The van der Waals surface area contributed by atoms with Gasteiger partial charge in [-0.15, -0.1) is 33.5 Å². The largest absolute Gasteiger partial charge is 0.573 e. The van der Waals surface area contributed by atoms with Gasteiger partial charge in [-0.2, -0.15) is 18.3 Å². The van der Waals surface area contributed by atoms with E-state index in [4.69, 9.17) is 0 Å². The summed E-state index contributed by atoms with van der Waals surface area (Å²) < 4.78 is 78.9. The van der Waals surface area contributed by atoms with E-state index in [2.05, 4.69) is 40.6 Å². The first-order chi connectivity index (χ1) is 23.7. The molecule has 0 radical (unpaired) electrons. The maximum Gasteiger partial charge on any atom is 0.573 e. The maximum atomic E-state index is 12.7. The Balaban J connectivity index is 1.01. The van der Waals surface area contributed by atoms with Crippen LogP contribution in [0.15, 0.2) is 54.6 Å². The number of benzene rings is 2. The first-order valence-corrected chi connectivity index (χ1v) is 15.7. The Hall–Kier alpha value is -5.17. The van der Waals surface area contributed by atoms with Gasteiger partial charge in [-0.3, -0.25) is 9.59 Å². The number of fused-ring (bicyclic) bond motifs is 1. The number of alkyl halides is 6. The predicted octanol–water partition coefficient (Wildman–Crippen LogP) is 5.49. The molecule has 264 valence electrons. The molecule has 0 saturated heterocycles. The molecule has 1 aliphatic heterocycles. The number of nitrogens with zero attached hydrogens (tertiary/aromatic N) is 5. The number of carbonyl (C=O) groups excluding carboxylic acids is 3. The zero-order chi connectivity index (χ0) is 35.9. The number of hydroxylamine groups is 2. The van der Waals surface area contributed by atoms with E-state index in [1.807, 2.05) is 0 Å². The molecule has 0 saturated carbocycles. The van der Waals surface area contributed by atoms with E-state index in [1.54, 1.807) is 30.3 Å². The molecular formula is C31H27F6N7O5S. The van der Waals surface area contributed by atoms with Crippen LogP contribution in [0.2, 0.25) is 0 Å². The first-order valence-electron chi connectivity index (χ1n) is 14.9. The maximum absolute atomic E-state index is 12.7. The second-order valence-corrected chi connectivity index (χ2v) is 12.1. The number of hydrogen-bond donors (Lipinski definition) is 2.